The van der Waals surface area contributed by atoms with Gasteiger partial charge in [0.05, 0.1) is 6.10 Å². The minimum atomic E-state index is 0.579. The summed E-state index contributed by atoms with van der Waals surface area (Å²) in [4.78, 5) is 0. The van der Waals surface area contributed by atoms with E-state index in [-0.39, 0.29) is 0 Å². The van der Waals surface area contributed by atoms with E-state index in [1.807, 2.05) is 0 Å². The van der Waals surface area contributed by atoms with Crippen molar-refractivity contribution in [2.75, 3.05) is 6.61 Å². The van der Waals surface area contributed by atoms with Crippen LogP contribution in [0.2, 0.25) is 0 Å². The molecule has 2 aliphatic carbocycles. The smallest absolute Gasteiger partial charge is 0.0575 e. The third kappa shape index (κ3) is 4.63. The van der Waals surface area contributed by atoms with E-state index in [0.29, 0.717) is 6.10 Å². The lowest BCUT2D eigenvalue weighted by Crippen LogP contribution is -2.28. The molecule has 2 fully saturated rings. The van der Waals surface area contributed by atoms with Crippen LogP contribution in [0.3, 0.4) is 0 Å². The van der Waals surface area contributed by atoms with Crippen LogP contribution in [-0.4, -0.2) is 12.7 Å². The molecule has 0 spiro atoms. The van der Waals surface area contributed by atoms with Gasteiger partial charge >= 0.3 is 0 Å². The SMILES string of the molecule is C/C=C/[C@H]1CC[C@H](C2CCC(OCCC)CC2)CC1. The molecule has 0 unspecified atom stereocenters. The second-order valence-electron chi connectivity index (χ2n) is 6.61. The largest absolute Gasteiger partial charge is 0.378 e. The van der Waals surface area contributed by atoms with E-state index in [9.17, 15) is 0 Å². The molecule has 0 radical (unpaired) electrons. The molecule has 0 aliphatic heterocycles. The Kier molecular flexibility index (Phi) is 6.43. The molecule has 0 atom stereocenters. The lowest BCUT2D eigenvalue weighted by molar-refractivity contribution is 0.00796. The molecule has 0 bridgehead atoms. The van der Waals surface area contributed by atoms with Crippen molar-refractivity contribution in [1.82, 2.24) is 0 Å². The van der Waals surface area contributed by atoms with Crippen molar-refractivity contribution in [1.29, 1.82) is 0 Å². The van der Waals surface area contributed by atoms with E-state index >= 15 is 0 Å². The molecule has 0 heterocycles. The molecule has 2 aliphatic rings. The predicted molar refractivity (Wildman–Crippen MR) is 82.3 cm³/mol. The maximum atomic E-state index is 5.91. The van der Waals surface area contributed by atoms with E-state index in [4.69, 9.17) is 4.74 Å². The topological polar surface area (TPSA) is 9.23 Å². The lowest BCUT2D eigenvalue weighted by Gasteiger charge is -2.37. The summed E-state index contributed by atoms with van der Waals surface area (Å²) in [7, 11) is 0. The van der Waals surface area contributed by atoms with E-state index in [1.165, 1.54) is 51.4 Å². The van der Waals surface area contributed by atoms with E-state index < -0.39 is 0 Å². The molecular formula is C18H32O. The molecule has 1 nitrogen and oxygen atoms in total. The fourth-order valence-corrected chi connectivity index (χ4v) is 4.09. The van der Waals surface area contributed by atoms with E-state index in [0.717, 1.165) is 30.8 Å². The molecule has 0 aromatic heterocycles. The summed E-state index contributed by atoms with van der Waals surface area (Å²) in [6, 6.07) is 0. The minimum absolute atomic E-state index is 0.579. The van der Waals surface area contributed by atoms with Crippen molar-refractivity contribution in [3.63, 3.8) is 0 Å². The monoisotopic (exact) mass is 264 g/mol. The fourth-order valence-electron chi connectivity index (χ4n) is 4.09. The van der Waals surface area contributed by atoms with Crippen molar-refractivity contribution >= 4 is 0 Å². The second kappa shape index (κ2) is 8.09. The van der Waals surface area contributed by atoms with Gasteiger partial charge in [-0.05, 0) is 82.5 Å². The fraction of sp³-hybridized carbons (Fsp3) is 0.889. The van der Waals surface area contributed by atoms with Gasteiger partial charge in [0, 0.05) is 6.61 Å². The average Bonchev–Trinajstić information content (AvgIpc) is 2.47. The standard InChI is InChI=1S/C18H32O/c1-3-5-15-6-8-16(9-7-15)17-10-12-18(13-11-17)19-14-4-2/h3,5,15-18H,4,6-14H2,1-2H3/b5-3+/t15-,16-,17?,18?. The molecular weight excluding hydrogens is 232 g/mol. The van der Waals surface area contributed by atoms with Crippen LogP contribution in [0.25, 0.3) is 0 Å². The van der Waals surface area contributed by atoms with Crippen LogP contribution in [0.4, 0.5) is 0 Å². The highest BCUT2D eigenvalue weighted by molar-refractivity contribution is 4.90. The van der Waals surface area contributed by atoms with Crippen LogP contribution in [0.5, 0.6) is 0 Å². The second-order valence-corrected chi connectivity index (χ2v) is 6.61. The Morgan fingerprint density at radius 1 is 0.895 bits per heavy atom. The summed E-state index contributed by atoms with van der Waals surface area (Å²) >= 11 is 0. The Bertz CT molecular complexity index is 255. The number of hydrogen-bond donors (Lipinski definition) is 0. The highest BCUT2D eigenvalue weighted by atomic mass is 16.5. The molecule has 2 saturated carbocycles. The van der Waals surface area contributed by atoms with E-state index in [2.05, 4.69) is 26.0 Å². The Morgan fingerprint density at radius 2 is 1.47 bits per heavy atom. The van der Waals surface area contributed by atoms with Crippen LogP contribution in [0, 0.1) is 17.8 Å². The highest BCUT2D eigenvalue weighted by Crippen LogP contribution is 2.40. The quantitative estimate of drug-likeness (QED) is 0.608. The average molecular weight is 264 g/mol. The van der Waals surface area contributed by atoms with E-state index in [1.54, 1.807) is 0 Å². The number of hydrogen-bond acceptors (Lipinski definition) is 1. The number of ether oxygens (including phenoxy) is 1. The van der Waals surface area contributed by atoms with Crippen molar-refractivity contribution in [2.45, 2.75) is 77.7 Å². The van der Waals surface area contributed by atoms with Crippen LogP contribution >= 0.6 is 0 Å². The molecule has 0 N–H and O–H groups in total. The summed E-state index contributed by atoms with van der Waals surface area (Å²) in [5.41, 5.74) is 0. The predicted octanol–water partition coefficient (Wildman–Crippen LogP) is 5.35. The Balaban J connectivity index is 1.68. The van der Waals surface area contributed by atoms with Gasteiger partial charge in [-0.1, -0.05) is 19.1 Å². The van der Waals surface area contributed by atoms with Crippen molar-refractivity contribution in [2.24, 2.45) is 17.8 Å². The Morgan fingerprint density at radius 3 is 2.00 bits per heavy atom. The van der Waals surface area contributed by atoms with Gasteiger partial charge in [0.2, 0.25) is 0 Å². The van der Waals surface area contributed by atoms with Gasteiger partial charge in [0.15, 0.2) is 0 Å². The Hall–Kier alpha value is -0.300. The van der Waals surface area contributed by atoms with Gasteiger partial charge < -0.3 is 4.74 Å². The normalized spacial score (nSPS) is 36.7. The summed E-state index contributed by atoms with van der Waals surface area (Å²) in [5, 5.41) is 0. The van der Waals surface area contributed by atoms with Gasteiger partial charge in [-0.3, -0.25) is 0 Å². The molecule has 0 aromatic carbocycles. The lowest BCUT2D eigenvalue weighted by atomic mass is 9.70. The molecule has 0 saturated heterocycles. The number of allylic oxidation sites excluding steroid dienone is 2. The first-order chi connectivity index (χ1) is 9.33. The van der Waals surface area contributed by atoms with Crippen molar-refractivity contribution in [3.8, 4) is 0 Å². The molecule has 0 aromatic rings. The Labute approximate surface area is 119 Å². The third-order valence-corrected chi connectivity index (χ3v) is 5.22. The zero-order chi connectivity index (χ0) is 13.5. The van der Waals surface area contributed by atoms with Gasteiger partial charge in [0.25, 0.3) is 0 Å². The van der Waals surface area contributed by atoms with Gasteiger partial charge in [-0.15, -0.1) is 0 Å². The van der Waals surface area contributed by atoms with Gasteiger partial charge in [-0.2, -0.15) is 0 Å². The first kappa shape index (κ1) is 15.1. The minimum Gasteiger partial charge on any atom is -0.378 e. The summed E-state index contributed by atoms with van der Waals surface area (Å²) in [5.74, 6) is 2.91. The molecule has 1 heteroatoms. The van der Waals surface area contributed by atoms with Gasteiger partial charge in [-0.25, -0.2) is 0 Å². The van der Waals surface area contributed by atoms with Crippen molar-refractivity contribution in [3.05, 3.63) is 12.2 Å². The number of rotatable bonds is 5. The first-order valence-electron chi connectivity index (χ1n) is 8.57. The molecule has 2 rings (SSSR count). The van der Waals surface area contributed by atoms with Crippen LogP contribution < -0.4 is 0 Å². The van der Waals surface area contributed by atoms with Crippen molar-refractivity contribution < 1.29 is 4.74 Å². The first-order valence-corrected chi connectivity index (χ1v) is 8.57. The van der Waals surface area contributed by atoms with Gasteiger partial charge in [0.1, 0.15) is 0 Å². The third-order valence-electron chi connectivity index (χ3n) is 5.22. The summed E-state index contributed by atoms with van der Waals surface area (Å²) in [6.07, 6.45) is 17.7. The zero-order valence-corrected chi connectivity index (χ0v) is 12.9. The maximum absolute atomic E-state index is 5.91. The highest BCUT2D eigenvalue weighted by Gasteiger charge is 2.30. The molecule has 110 valence electrons. The van der Waals surface area contributed by atoms with Crippen LogP contribution in [-0.2, 0) is 4.74 Å². The summed E-state index contributed by atoms with van der Waals surface area (Å²) < 4.78 is 5.91. The molecule has 19 heavy (non-hydrogen) atoms. The maximum Gasteiger partial charge on any atom is 0.0575 e. The van der Waals surface area contributed by atoms with Crippen LogP contribution in [0.1, 0.15) is 71.6 Å². The zero-order valence-electron chi connectivity index (χ0n) is 12.9. The summed E-state index contributed by atoms with van der Waals surface area (Å²) in [6.45, 7) is 5.32. The molecule has 0 amide bonds. The van der Waals surface area contributed by atoms with Crippen LogP contribution in [0.15, 0.2) is 12.2 Å².